The van der Waals surface area contributed by atoms with Gasteiger partial charge in [0.05, 0.1) is 11.2 Å². The summed E-state index contributed by atoms with van der Waals surface area (Å²) in [5.74, 6) is 0. The lowest BCUT2D eigenvalue weighted by Gasteiger charge is -2.15. The van der Waals surface area contributed by atoms with E-state index in [0.717, 1.165) is 30.8 Å². The third-order valence-corrected chi connectivity index (χ3v) is 4.47. The average molecular weight is 298 g/mol. The van der Waals surface area contributed by atoms with E-state index in [1.54, 1.807) is 0 Å². The van der Waals surface area contributed by atoms with E-state index < -0.39 is 0 Å². The minimum absolute atomic E-state index is 0.879. The Balaban J connectivity index is 1.83. The number of H-pyrrole nitrogens is 1. The zero-order chi connectivity index (χ0) is 15.4. The van der Waals surface area contributed by atoms with Gasteiger partial charge < -0.3 is 5.32 Å². The van der Waals surface area contributed by atoms with Crippen molar-refractivity contribution in [1.29, 1.82) is 0 Å². The minimum Gasteiger partial charge on any atom is -0.318 e. The molecule has 0 saturated heterocycles. The van der Waals surface area contributed by atoms with E-state index >= 15 is 0 Å². The molecule has 0 radical (unpaired) electrons. The fourth-order valence-corrected chi connectivity index (χ4v) is 3.13. The molecule has 1 aromatic heterocycles. The molecule has 1 aromatic carbocycles. The van der Waals surface area contributed by atoms with Crippen LogP contribution < -0.4 is 5.32 Å². The molecular formula is C18H26N4. The standard InChI is InChI=1S/C18H26N4/c1-19-10-11-22(2)13-18-16-12-15(8-9-17(16)20-21-18)14-6-4-3-5-7-14/h6,8-9,12,19H,3-5,7,10-11,13H2,1-2H3,(H,20,21). The summed E-state index contributed by atoms with van der Waals surface area (Å²) in [5.41, 5.74) is 5.15. The maximum atomic E-state index is 4.52. The number of benzene rings is 1. The van der Waals surface area contributed by atoms with Gasteiger partial charge in [0.1, 0.15) is 0 Å². The molecule has 0 aliphatic heterocycles. The van der Waals surface area contributed by atoms with E-state index in [1.165, 1.54) is 42.2 Å². The molecule has 0 saturated carbocycles. The zero-order valence-electron chi connectivity index (χ0n) is 13.7. The first-order chi connectivity index (χ1) is 10.8. The fraction of sp³-hybridized carbons (Fsp3) is 0.500. The van der Waals surface area contributed by atoms with Crippen LogP contribution in [-0.2, 0) is 6.54 Å². The van der Waals surface area contributed by atoms with Crippen molar-refractivity contribution in [3.8, 4) is 0 Å². The number of nitrogens with zero attached hydrogens (tertiary/aromatic N) is 2. The Morgan fingerprint density at radius 2 is 2.23 bits per heavy atom. The number of hydrogen-bond acceptors (Lipinski definition) is 3. The molecule has 0 bridgehead atoms. The Bertz CT molecular complexity index is 656. The van der Waals surface area contributed by atoms with Crippen molar-refractivity contribution in [2.75, 3.05) is 27.2 Å². The number of aromatic nitrogens is 2. The number of likely N-dealkylation sites (N-methyl/N-ethyl adjacent to an activating group) is 2. The van der Waals surface area contributed by atoms with Gasteiger partial charge in [-0.3, -0.25) is 10.00 Å². The molecule has 0 unspecified atom stereocenters. The monoisotopic (exact) mass is 298 g/mol. The van der Waals surface area contributed by atoms with Gasteiger partial charge >= 0.3 is 0 Å². The van der Waals surface area contributed by atoms with E-state index in [1.807, 2.05) is 7.05 Å². The minimum atomic E-state index is 0.879. The molecule has 4 nitrogen and oxygen atoms in total. The summed E-state index contributed by atoms with van der Waals surface area (Å²) in [6.45, 7) is 2.90. The van der Waals surface area contributed by atoms with Crippen LogP contribution >= 0.6 is 0 Å². The normalized spacial score (nSPS) is 15.5. The van der Waals surface area contributed by atoms with Gasteiger partial charge in [-0.15, -0.1) is 0 Å². The van der Waals surface area contributed by atoms with E-state index in [0.29, 0.717) is 0 Å². The molecular weight excluding hydrogens is 272 g/mol. The van der Waals surface area contributed by atoms with Crippen molar-refractivity contribution in [3.05, 3.63) is 35.5 Å². The fourth-order valence-electron chi connectivity index (χ4n) is 3.13. The number of fused-ring (bicyclic) bond motifs is 1. The highest BCUT2D eigenvalue weighted by Gasteiger charge is 2.11. The summed E-state index contributed by atoms with van der Waals surface area (Å²) < 4.78 is 0. The van der Waals surface area contributed by atoms with Crippen molar-refractivity contribution >= 4 is 16.5 Å². The predicted molar refractivity (Wildman–Crippen MR) is 92.8 cm³/mol. The summed E-state index contributed by atoms with van der Waals surface area (Å²) >= 11 is 0. The second-order valence-corrected chi connectivity index (χ2v) is 6.25. The second-order valence-electron chi connectivity index (χ2n) is 6.25. The molecule has 118 valence electrons. The summed E-state index contributed by atoms with van der Waals surface area (Å²) in [4.78, 5) is 2.30. The van der Waals surface area contributed by atoms with Gasteiger partial charge in [-0.25, -0.2) is 0 Å². The lowest BCUT2D eigenvalue weighted by molar-refractivity contribution is 0.325. The molecule has 0 spiro atoms. The number of hydrogen-bond donors (Lipinski definition) is 2. The van der Waals surface area contributed by atoms with Crippen LogP contribution in [0.5, 0.6) is 0 Å². The van der Waals surface area contributed by atoms with Crippen molar-refractivity contribution in [3.63, 3.8) is 0 Å². The highest BCUT2D eigenvalue weighted by atomic mass is 15.2. The molecule has 3 rings (SSSR count). The Morgan fingerprint density at radius 3 is 3.00 bits per heavy atom. The summed E-state index contributed by atoms with van der Waals surface area (Å²) in [5, 5.41) is 12.1. The van der Waals surface area contributed by atoms with Gasteiger partial charge in [0, 0.05) is 25.0 Å². The molecule has 0 fully saturated rings. The van der Waals surface area contributed by atoms with Gasteiger partial charge in [0.15, 0.2) is 0 Å². The van der Waals surface area contributed by atoms with Gasteiger partial charge in [-0.1, -0.05) is 12.1 Å². The number of aromatic amines is 1. The third-order valence-electron chi connectivity index (χ3n) is 4.47. The van der Waals surface area contributed by atoms with E-state index in [2.05, 4.69) is 51.7 Å². The molecule has 1 heterocycles. The molecule has 22 heavy (non-hydrogen) atoms. The maximum Gasteiger partial charge on any atom is 0.0841 e. The number of nitrogens with one attached hydrogen (secondary N) is 2. The van der Waals surface area contributed by atoms with Crippen LogP contribution in [0.2, 0.25) is 0 Å². The van der Waals surface area contributed by atoms with Crippen molar-refractivity contribution in [2.24, 2.45) is 0 Å². The largest absolute Gasteiger partial charge is 0.318 e. The molecule has 2 aromatic rings. The van der Waals surface area contributed by atoms with Crippen LogP contribution in [0.4, 0.5) is 0 Å². The summed E-state index contributed by atoms with van der Waals surface area (Å²) in [6.07, 6.45) is 7.48. The zero-order valence-corrected chi connectivity index (χ0v) is 13.7. The maximum absolute atomic E-state index is 4.52. The van der Waals surface area contributed by atoms with Gasteiger partial charge in [0.25, 0.3) is 0 Å². The Kier molecular flexibility index (Phi) is 4.90. The summed E-state index contributed by atoms with van der Waals surface area (Å²) in [7, 11) is 4.13. The van der Waals surface area contributed by atoms with Gasteiger partial charge in [0.2, 0.25) is 0 Å². The van der Waals surface area contributed by atoms with Crippen LogP contribution in [0.1, 0.15) is 36.9 Å². The Hall–Kier alpha value is -1.65. The smallest absolute Gasteiger partial charge is 0.0841 e. The SMILES string of the molecule is CNCCN(C)Cc1n[nH]c2ccc(C3=CCCCC3)cc12. The van der Waals surface area contributed by atoms with Crippen LogP contribution in [0.25, 0.3) is 16.5 Å². The average Bonchev–Trinajstić information content (AvgIpc) is 2.96. The lowest BCUT2D eigenvalue weighted by atomic mass is 9.93. The van der Waals surface area contributed by atoms with Crippen LogP contribution in [0.3, 0.4) is 0 Å². The van der Waals surface area contributed by atoms with Crippen LogP contribution in [0, 0.1) is 0 Å². The van der Waals surface area contributed by atoms with E-state index in [4.69, 9.17) is 0 Å². The topological polar surface area (TPSA) is 44.0 Å². The first-order valence-corrected chi connectivity index (χ1v) is 8.27. The van der Waals surface area contributed by atoms with E-state index in [9.17, 15) is 0 Å². The molecule has 2 N–H and O–H groups in total. The highest BCUT2D eigenvalue weighted by Crippen LogP contribution is 2.29. The number of allylic oxidation sites excluding steroid dienone is 2. The van der Waals surface area contributed by atoms with Crippen molar-refractivity contribution in [1.82, 2.24) is 20.4 Å². The molecule has 4 heteroatoms. The predicted octanol–water partition coefficient (Wildman–Crippen LogP) is 3.17. The Morgan fingerprint density at radius 1 is 1.32 bits per heavy atom. The second kappa shape index (κ2) is 7.07. The Labute approximate surface area is 132 Å². The number of rotatable bonds is 6. The van der Waals surface area contributed by atoms with Crippen molar-refractivity contribution in [2.45, 2.75) is 32.2 Å². The highest BCUT2D eigenvalue weighted by molar-refractivity contribution is 5.85. The molecule has 1 aliphatic carbocycles. The first-order valence-electron chi connectivity index (χ1n) is 8.27. The molecule has 0 atom stereocenters. The van der Waals surface area contributed by atoms with Crippen LogP contribution in [0.15, 0.2) is 24.3 Å². The van der Waals surface area contributed by atoms with E-state index in [-0.39, 0.29) is 0 Å². The summed E-state index contributed by atoms with van der Waals surface area (Å²) in [6, 6.07) is 6.72. The molecule has 1 aliphatic rings. The van der Waals surface area contributed by atoms with Gasteiger partial charge in [-0.05, 0) is 63.0 Å². The first kappa shape index (κ1) is 15.3. The van der Waals surface area contributed by atoms with Gasteiger partial charge in [-0.2, -0.15) is 5.10 Å². The lowest BCUT2D eigenvalue weighted by Crippen LogP contribution is -2.27. The molecule has 0 amide bonds. The third kappa shape index (κ3) is 3.39. The van der Waals surface area contributed by atoms with Crippen LogP contribution in [-0.4, -0.2) is 42.3 Å². The van der Waals surface area contributed by atoms with Crippen molar-refractivity contribution < 1.29 is 0 Å². The quantitative estimate of drug-likeness (QED) is 0.861.